The molecule has 0 aromatic heterocycles. The molecule has 0 bridgehead atoms. The number of hydrogen-bond acceptors (Lipinski definition) is 3. The minimum Gasteiger partial charge on any atom is -0.324 e. The van der Waals surface area contributed by atoms with Gasteiger partial charge in [0.1, 0.15) is 5.82 Å². The van der Waals surface area contributed by atoms with Gasteiger partial charge in [-0.1, -0.05) is 0 Å². The molecule has 0 saturated heterocycles. The van der Waals surface area contributed by atoms with Crippen molar-refractivity contribution in [2.45, 2.75) is 19.9 Å². The maximum absolute atomic E-state index is 13.5. The summed E-state index contributed by atoms with van der Waals surface area (Å²) in [5.74, 6) is -0.508. The Bertz CT molecular complexity index is 498. The highest BCUT2D eigenvalue weighted by Gasteiger charge is 2.12. The minimum atomic E-state index is -3.40. The van der Waals surface area contributed by atoms with Crippen LogP contribution >= 0.6 is 0 Å². The van der Waals surface area contributed by atoms with Gasteiger partial charge in [-0.2, -0.15) is 0 Å². The van der Waals surface area contributed by atoms with Gasteiger partial charge in [0.2, 0.25) is 10.0 Å². The molecule has 0 unspecified atom stereocenters. The van der Waals surface area contributed by atoms with Crippen LogP contribution in [0.2, 0.25) is 0 Å². The van der Waals surface area contributed by atoms with Crippen molar-refractivity contribution >= 4 is 15.7 Å². The first-order chi connectivity index (χ1) is 7.20. The van der Waals surface area contributed by atoms with Gasteiger partial charge in [0.15, 0.2) is 0 Å². The zero-order valence-corrected chi connectivity index (χ0v) is 10.2. The van der Waals surface area contributed by atoms with Gasteiger partial charge in [-0.25, -0.2) is 12.8 Å². The summed E-state index contributed by atoms with van der Waals surface area (Å²) < 4.78 is 37.8. The smallest absolute Gasteiger partial charge is 0.229 e. The van der Waals surface area contributed by atoms with Crippen molar-refractivity contribution < 1.29 is 12.8 Å². The first kappa shape index (κ1) is 12.9. The van der Waals surface area contributed by atoms with Crippen molar-refractivity contribution in [1.82, 2.24) is 0 Å². The maximum atomic E-state index is 13.5. The lowest BCUT2D eigenvalue weighted by atomic mass is 10.0. The third-order valence-electron chi connectivity index (χ3n) is 2.13. The molecule has 0 radical (unpaired) electrons. The lowest BCUT2D eigenvalue weighted by Crippen LogP contribution is -2.13. The van der Waals surface area contributed by atoms with Crippen LogP contribution in [-0.4, -0.2) is 14.7 Å². The molecule has 0 heterocycles. The summed E-state index contributed by atoms with van der Waals surface area (Å²) >= 11 is 0. The average molecular weight is 246 g/mol. The number of anilines is 1. The van der Waals surface area contributed by atoms with Gasteiger partial charge in [0.05, 0.1) is 11.9 Å². The second kappa shape index (κ2) is 4.39. The summed E-state index contributed by atoms with van der Waals surface area (Å²) in [5, 5.41) is 0. The van der Waals surface area contributed by atoms with Crippen LogP contribution in [0.4, 0.5) is 10.1 Å². The van der Waals surface area contributed by atoms with Crippen LogP contribution in [0.15, 0.2) is 12.1 Å². The topological polar surface area (TPSA) is 72.2 Å². The number of aryl methyl sites for hydroxylation is 1. The lowest BCUT2D eigenvalue weighted by Gasteiger charge is -2.13. The van der Waals surface area contributed by atoms with E-state index in [9.17, 15) is 12.8 Å². The van der Waals surface area contributed by atoms with Crippen LogP contribution in [0, 0.1) is 12.7 Å². The Labute approximate surface area is 94.7 Å². The zero-order valence-electron chi connectivity index (χ0n) is 9.41. The van der Waals surface area contributed by atoms with Crippen LogP contribution < -0.4 is 10.5 Å². The molecule has 1 atom stereocenters. The Morgan fingerprint density at radius 1 is 1.44 bits per heavy atom. The number of nitrogens with two attached hydrogens (primary N) is 1. The van der Waals surface area contributed by atoms with Crippen molar-refractivity contribution in [3.63, 3.8) is 0 Å². The molecule has 0 aliphatic carbocycles. The van der Waals surface area contributed by atoms with Gasteiger partial charge in [-0.3, -0.25) is 4.72 Å². The minimum absolute atomic E-state index is 0.240. The summed E-state index contributed by atoms with van der Waals surface area (Å²) in [6.45, 7) is 3.36. The van der Waals surface area contributed by atoms with Gasteiger partial charge in [-0.05, 0) is 31.5 Å². The fourth-order valence-electron chi connectivity index (χ4n) is 1.36. The Morgan fingerprint density at radius 2 is 2.00 bits per heavy atom. The van der Waals surface area contributed by atoms with Crippen molar-refractivity contribution in [2.24, 2.45) is 5.73 Å². The second-order valence-corrected chi connectivity index (χ2v) is 5.60. The highest BCUT2D eigenvalue weighted by Crippen LogP contribution is 2.23. The number of hydrogen-bond donors (Lipinski definition) is 2. The first-order valence-corrected chi connectivity index (χ1v) is 6.63. The van der Waals surface area contributed by atoms with E-state index in [0.29, 0.717) is 11.1 Å². The Kier molecular flexibility index (Phi) is 3.54. The third kappa shape index (κ3) is 3.18. The first-order valence-electron chi connectivity index (χ1n) is 4.74. The van der Waals surface area contributed by atoms with E-state index in [1.54, 1.807) is 19.9 Å². The molecule has 0 saturated carbocycles. The molecule has 6 heteroatoms. The molecular formula is C10H15FN2O2S. The molecule has 1 rings (SSSR count). The molecule has 1 aromatic carbocycles. The zero-order chi connectivity index (χ0) is 12.5. The van der Waals surface area contributed by atoms with Crippen LogP contribution in [-0.2, 0) is 10.0 Å². The summed E-state index contributed by atoms with van der Waals surface area (Å²) in [5.41, 5.74) is 6.83. The molecule has 0 fully saturated rings. The van der Waals surface area contributed by atoms with Gasteiger partial charge < -0.3 is 5.73 Å². The average Bonchev–Trinajstić information content (AvgIpc) is 2.07. The molecule has 4 nitrogen and oxygen atoms in total. The van der Waals surface area contributed by atoms with E-state index in [-0.39, 0.29) is 5.69 Å². The summed E-state index contributed by atoms with van der Waals surface area (Å²) in [7, 11) is -3.40. The van der Waals surface area contributed by atoms with E-state index in [1.165, 1.54) is 0 Å². The molecule has 16 heavy (non-hydrogen) atoms. The van der Waals surface area contributed by atoms with Crippen molar-refractivity contribution in [1.29, 1.82) is 0 Å². The normalized spacial score (nSPS) is 13.6. The van der Waals surface area contributed by atoms with Gasteiger partial charge in [0, 0.05) is 11.6 Å². The predicted molar refractivity (Wildman–Crippen MR) is 62.2 cm³/mol. The number of nitrogens with one attached hydrogen (secondary N) is 1. The number of halogens is 1. The molecule has 90 valence electrons. The lowest BCUT2D eigenvalue weighted by molar-refractivity contribution is 0.593. The molecule has 0 amide bonds. The van der Waals surface area contributed by atoms with E-state index in [4.69, 9.17) is 5.73 Å². The van der Waals surface area contributed by atoms with E-state index >= 15 is 0 Å². The van der Waals surface area contributed by atoms with E-state index in [2.05, 4.69) is 4.72 Å². The van der Waals surface area contributed by atoms with Crippen LogP contribution in [0.25, 0.3) is 0 Å². The van der Waals surface area contributed by atoms with Crippen LogP contribution in [0.1, 0.15) is 24.1 Å². The summed E-state index contributed by atoms with van der Waals surface area (Å²) in [6, 6.07) is 2.27. The fraction of sp³-hybridized carbons (Fsp3) is 0.400. The van der Waals surface area contributed by atoms with Gasteiger partial charge in [-0.15, -0.1) is 0 Å². The Hall–Kier alpha value is -1.14. The number of sulfonamides is 1. The van der Waals surface area contributed by atoms with Crippen LogP contribution in [0.3, 0.4) is 0 Å². The van der Waals surface area contributed by atoms with Crippen molar-refractivity contribution in [2.75, 3.05) is 11.0 Å². The Balaban J connectivity index is 3.21. The van der Waals surface area contributed by atoms with Crippen molar-refractivity contribution in [3.05, 3.63) is 29.1 Å². The van der Waals surface area contributed by atoms with Gasteiger partial charge >= 0.3 is 0 Å². The SMILES string of the molecule is Cc1cc([C@H](C)N)c(F)cc1NS(C)(=O)=O. The largest absolute Gasteiger partial charge is 0.324 e. The second-order valence-electron chi connectivity index (χ2n) is 3.85. The van der Waals surface area contributed by atoms with Gasteiger partial charge in [0.25, 0.3) is 0 Å². The molecule has 0 spiro atoms. The molecule has 3 N–H and O–H groups in total. The Morgan fingerprint density at radius 3 is 2.44 bits per heavy atom. The van der Waals surface area contributed by atoms with Crippen molar-refractivity contribution in [3.8, 4) is 0 Å². The number of benzene rings is 1. The van der Waals surface area contributed by atoms with E-state index in [1.807, 2.05) is 0 Å². The van der Waals surface area contributed by atoms with E-state index < -0.39 is 21.9 Å². The summed E-state index contributed by atoms with van der Waals surface area (Å²) in [6.07, 6.45) is 1.02. The monoisotopic (exact) mass is 246 g/mol. The number of rotatable bonds is 3. The predicted octanol–water partition coefficient (Wildman–Crippen LogP) is 1.53. The van der Waals surface area contributed by atoms with Crippen LogP contribution in [0.5, 0.6) is 0 Å². The highest BCUT2D eigenvalue weighted by atomic mass is 32.2. The molecule has 0 aliphatic rings. The highest BCUT2D eigenvalue weighted by molar-refractivity contribution is 7.92. The quantitative estimate of drug-likeness (QED) is 0.849. The summed E-state index contributed by atoms with van der Waals surface area (Å²) in [4.78, 5) is 0. The third-order valence-corrected chi connectivity index (χ3v) is 2.72. The molecule has 1 aromatic rings. The molecule has 0 aliphatic heterocycles. The fourth-order valence-corrected chi connectivity index (χ4v) is 1.98. The standard InChI is InChI=1S/C10H15FN2O2S/c1-6-4-8(7(2)12)9(11)5-10(6)13-16(3,14)15/h4-5,7,13H,12H2,1-3H3/t7-/m0/s1. The maximum Gasteiger partial charge on any atom is 0.229 e. The van der Waals surface area contributed by atoms with E-state index in [0.717, 1.165) is 12.3 Å². The molecular weight excluding hydrogens is 231 g/mol.